The van der Waals surface area contributed by atoms with Crippen LogP contribution in [0.1, 0.15) is 22.3 Å². The predicted octanol–water partition coefficient (Wildman–Crippen LogP) is 1.97. The molecule has 0 heterocycles. The van der Waals surface area contributed by atoms with Gasteiger partial charge < -0.3 is 9.64 Å². The lowest BCUT2D eigenvalue weighted by atomic mass is 10.1. The fourth-order valence-electron chi connectivity index (χ4n) is 2.00. The van der Waals surface area contributed by atoms with Gasteiger partial charge in [0.05, 0.1) is 7.11 Å². The van der Waals surface area contributed by atoms with Gasteiger partial charge >= 0.3 is 5.97 Å². The van der Waals surface area contributed by atoms with Crippen LogP contribution in [-0.2, 0) is 9.53 Å². The van der Waals surface area contributed by atoms with Crippen LogP contribution in [0, 0.1) is 12.8 Å². The van der Waals surface area contributed by atoms with Crippen molar-refractivity contribution in [1.29, 1.82) is 0 Å². The molecule has 1 aliphatic carbocycles. The molecule has 1 aromatic carbocycles. The monoisotopic (exact) mass is 279 g/mol. The van der Waals surface area contributed by atoms with E-state index in [1.165, 1.54) is 12.0 Å². The minimum Gasteiger partial charge on any atom is -0.468 e. The Balaban J connectivity index is 2.09. The molecule has 1 amide bonds. The van der Waals surface area contributed by atoms with Gasteiger partial charge in [0.25, 0.3) is 5.91 Å². The molecule has 0 aliphatic heterocycles. The number of ether oxygens (including phenoxy) is 1. The Kier molecular flexibility index (Phi) is 4.37. The molecule has 0 N–H and O–H groups in total. The molecule has 5 heteroatoms. The van der Waals surface area contributed by atoms with Crippen LogP contribution in [0.25, 0.3) is 0 Å². The van der Waals surface area contributed by atoms with Crippen LogP contribution in [0.5, 0.6) is 0 Å². The van der Waals surface area contributed by atoms with Gasteiger partial charge in [-0.25, -0.2) is 4.39 Å². The van der Waals surface area contributed by atoms with E-state index in [9.17, 15) is 14.0 Å². The average Bonchev–Trinajstić information content (AvgIpc) is 3.13. The number of amides is 1. The predicted molar refractivity (Wildman–Crippen MR) is 72.1 cm³/mol. The number of esters is 1. The first-order chi connectivity index (χ1) is 9.51. The van der Waals surface area contributed by atoms with Gasteiger partial charge in [-0.3, -0.25) is 9.59 Å². The number of aryl methyl sites for hydroxylation is 1. The first-order valence-corrected chi connectivity index (χ1v) is 6.58. The number of methoxy groups -OCH3 is 1. The summed E-state index contributed by atoms with van der Waals surface area (Å²) in [5.74, 6) is -0.926. The Morgan fingerprint density at radius 1 is 1.35 bits per heavy atom. The molecule has 2 atom stereocenters. The lowest BCUT2D eigenvalue weighted by molar-refractivity contribution is -0.141. The molecular formula is C15H18FNO3. The Morgan fingerprint density at radius 2 is 1.95 bits per heavy atom. The summed E-state index contributed by atoms with van der Waals surface area (Å²) in [6, 6.07) is 7.08. The Labute approximate surface area is 117 Å². The van der Waals surface area contributed by atoms with E-state index in [1.807, 2.05) is 19.1 Å². The smallest absolute Gasteiger partial charge is 0.325 e. The summed E-state index contributed by atoms with van der Waals surface area (Å²) in [5.41, 5.74) is 1.54. The molecule has 2 rings (SSSR count). The number of carbonyl (C=O) groups is 2. The van der Waals surface area contributed by atoms with Crippen molar-refractivity contribution in [3.63, 3.8) is 0 Å². The highest BCUT2D eigenvalue weighted by Crippen LogP contribution is 2.34. The Bertz CT molecular complexity index is 500. The van der Waals surface area contributed by atoms with Crippen molar-refractivity contribution in [2.24, 2.45) is 5.92 Å². The van der Waals surface area contributed by atoms with Gasteiger partial charge in [-0.05, 0) is 25.5 Å². The maximum absolute atomic E-state index is 13.0. The topological polar surface area (TPSA) is 46.6 Å². The van der Waals surface area contributed by atoms with Crippen LogP contribution < -0.4 is 0 Å². The van der Waals surface area contributed by atoms with E-state index in [-0.39, 0.29) is 24.9 Å². The molecule has 0 aromatic heterocycles. The van der Waals surface area contributed by atoms with E-state index >= 15 is 0 Å². The third-order valence-corrected chi connectivity index (χ3v) is 3.42. The summed E-state index contributed by atoms with van der Waals surface area (Å²) >= 11 is 0. The summed E-state index contributed by atoms with van der Waals surface area (Å²) in [4.78, 5) is 25.1. The van der Waals surface area contributed by atoms with Crippen LogP contribution in [0.4, 0.5) is 4.39 Å². The van der Waals surface area contributed by atoms with Crippen LogP contribution in [0.2, 0.25) is 0 Å². The number of hydrogen-bond acceptors (Lipinski definition) is 3. The second kappa shape index (κ2) is 6.03. The van der Waals surface area contributed by atoms with Gasteiger partial charge in [0.15, 0.2) is 0 Å². The van der Waals surface area contributed by atoms with E-state index < -0.39 is 12.1 Å². The Hall–Kier alpha value is -1.91. The van der Waals surface area contributed by atoms with Crippen LogP contribution >= 0.6 is 0 Å². The van der Waals surface area contributed by atoms with Crippen molar-refractivity contribution in [2.75, 3.05) is 20.2 Å². The van der Waals surface area contributed by atoms with Gasteiger partial charge in [0.2, 0.25) is 0 Å². The van der Waals surface area contributed by atoms with Gasteiger partial charge in [-0.2, -0.15) is 0 Å². The maximum Gasteiger partial charge on any atom is 0.325 e. The van der Waals surface area contributed by atoms with Crippen molar-refractivity contribution in [3.8, 4) is 0 Å². The lowest BCUT2D eigenvalue weighted by Crippen LogP contribution is -2.38. The quantitative estimate of drug-likeness (QED) is 0.774. The third-order valence-electron chi connectivity index (χ3n) is 3.42. The molecule has 1 aliphatic rings. The summed E-state index contributed by atoms with van der Waals surface area (Å²) in [7, 11) is 1.27. The zero-order valence-electron chi connectivity index (χ0n) is 11.6. The highest BCUT2D eigenvalue weighted by Gasteiger charge is 2.40. The number of benzene rings is 1. The number of halogens is 1. The van der Waals surface area contributed by atoms with E-state index in [4.69, 9.17) is 0 Å². The number of rotatable bonds is 5. The van der Waals surface area contributed by atoms with Crippen molar-refractivity contribution < 1.29 is 18.7 Å². The average molecular weight is 279 g/mol. The van der Waals surface area contributed by atoms with Crippen molar-refractivity contribution >= 4 is 11.9 Å². The minimum absolute atomic E-state index is 0.146. The SMILES string of the molecule is COC(=O)CN(CC1CC1F)C(=O)c1ccc(C)cc1. The first kappa shape index (κ1) is 14.5. The molecule has 1 aromatic rings. The molecule has 1 saturated carbocycles. The highest BCUT2D eigenvalue weighted by atomic mass is 19.1. The molecule has 0 bridgehead atoms. The van der Waals surface area contributed by atoms with Crippen molar-refractivity contribution in [3.05, 3.63) is 35.4 Å². The number of hydrogen-bond donors (Lipinski definition) is 0. The van der Waals surface area contributed by atoms with E-state index in [2.05, 4.69) is 4.74 Å². The summed E-state index contributed by atoms with van der Waals surface area (Å²) in [6.45, 7) is 2.04. The summed E-state index contributed by atoms with van der Waals surface area (Å²) in [6.07, 6.45) is -0.403. The fourth-order valence-corrected chi connectivity index (χ4v) is 2.00. The van der Waals surface area contributed by atoms with Crippen molar-refractivity contribution in [2.45, 2.75) is 19.5 Å². The fraction of sp³-hybridized carbons (Fsp3) is 0.467. The molecule has 2 unspecified atom stereocenters. The zero-order valence-corrected chi connectivity index (χ0v) is 11.6. The number of alkyl halides is 1. The second-order valence-corrected chi connectivity index (χ2v) is 5.14. The lowest BCUT2D eigenvalue weighted by Gasteiger charge is -2.21. The van der Waals surface area contributed by atoms with E-state index in [0.717, 1.165) is 5.56 Å². The maximum atomic E-state index is 13.0. The molecule has 0 saturated heterocycles. The van der Waals surface area contributed by atoms with Gasteiger partial charge in [0, 0.05) is 18.0 Å². The molecule has 108 valence electrons. The van der Waals surface area contributed by atoms with E-state index in [0.29, 0.717) is 12.0 Å². The molecular weight excluding hydrogens is 261 g/mol. The summed E-state index contributed by atoms with van der Waals surface area (Å²) in [5, 5.41) is 0. The van der Waals surface area contributed by atoms with Crippen LogP contribution in [0.15, 0.2) is 24.3 Å². The molecule has 0 radical (unpaired) electrons. The second-order valence-electron chi connectivity index (χ2n) is 5.14. The van der Waals surface area contributed by atoms with Gasteiger partial charge in [0.1, 0.15) is 12.7 Å². The summed E-state index contributed by atoms with van der Waals surface area (Å²) < 4.78 is 17.6. The van der Waals surface area contributed by atoms with Gasteiger partial charge in [-0.1, -0.05) is 17.7 Å². The van der Waals surface area contributed by atoms with E-state index in [1.54, 1.807) is 12.1 Å². The van der Waals surface area contributed by atoms with Gasteiger partial charge in [-0.15, -0.1) is 0 Å². The van der Waals surface area contributed by atoms with Crippen LogP contribution in [0.3, 0.4) is 0 Å². The molecule has 20 heavy (non-hydrogen) atoms. The number of nitrogens with zero attached hydrogens (tertiary/aromatic N) is 1. The third kappa shape index (κ3) is 3.56. The van der Waals surface area contributed by atoms with Crippen molar-refractivity contribution in [1.82, 2.24) is 4.90 Å². The molecule has 4 nitrogen and oxygen atoms in total. The highest BCUT2D eigenvalue weighted by molar-refractivity contribution is 5.96. The standard InChI is InChI=1S/C15H18FNO3/c1-10-3-5-11(6-4-10)15(19)17(9-14(18)20-2)8-12-7-13(12)16/h3-6,12-13H,7-9H2,1-2H3. The minimum atomic E-state index is -0.860. The molecule has 1 fully saturated rings. The first-order valence-electron chi connectivity index (χ1n) is 6.58. The number of carbonyl (C=O) groups excluding carboxylic acids is 2. The Morgan fingerprint density at radius 3 is 2.45 bits per heavy atom. The largest absolute Gasteiger partial charge is 0.468 e. The van der Waals surface area contributed by atoms with Crippen LogP contribution in [-0.4, -0.2) is 43.1 Å². The normalized spacial score (nSPS) is 20.4. The molecule has 0 spiro atoms. The zero-order chi connectivity index (χ0) is 14.7.